The maximum absolute atomic E-state index is 12.7. The molecule has 0 radical (unpaired) electrons. The van der Waals surface area contributed by atoms with Gasteiger partial charge in [0.05, 0.1) is 6.61 Å². The summed E-state index contributed by atoms with van der Waals surface area (Å²) in [6.45, 7) is 3.69. The van der Waals surface area contributed by atoms with Crippen molar-refractivity contribution in [2.75, 3.05) is 11.9 Å². The van der Waals surface area contributed by atoms with Gasteiger partial charge in [0.1, 0.15) is 0 Å². The summed E-state index contributed by atoms with van der Waals surface area (Å²) in [7, 11) is 0. The predicted octanol–water partition coefficient (Wildman–Crippen LogP) is 4.92. The van der Waals surface area contributed by atoms with Crippen molar-refractivity contribution in [1.29, 1.82) is 0 Å². The van der Waals surface area contributed by atoms with E-state index in [9.17, 15) is 31.4 Å². The van der Waals surface area contributed by atoms with Crippen molar-refractivity contribution in [2.24, 2.45) is 0 Å². The highest BCUT2D eigenvalue weighted by Crippen LogP contribution is 2.50. The van der Waals surface area contributed by atoms with Gasteiger partial charge in [0.25, 0.3) is 5.60 Å². The van der Waals surface area contributed by atoms with Gasteiger partial charge in [-0.15, -0.1) is 0 Å². The number of hydrogen-bond donors (Lipinski definition) is 3. The molecule has 0 unspecified atom stereocenters. The average molecular weight is 409 g/mol. The quantitative estimate of drug-likeness (QED) is 0.629. The van der Waals surface area contributed by atoms with Crippen LogP contribution in [0.3, 0.4) is 0 Å². The number of alkyl halides is 6. The van der Waals surface area contributed by atoms with Crippen molar-refractivity contribution in [3.63, 3.8) is 0 Å². The highest BCUT2D eigenvalue weighted by molar-refractivity contribution is 5.53. The van der Waals surface area contributed by atoms with Crippen molar-refractivity contribution < 1.29 is 36.6 Å². The Morgan fingerprint density at radius 1 is 0.893 bits per heavy atom. The third-order valence-corrected chi connectivity index (χ3v) is 3.86. The zero-order valence-corrected chi connectivity index (χ0v) is 15.2. The lowest BCUT2D eigenvalue weighted by Gasteiger charge is -2.33. The smallest absolute Gasteiger partial charge is 0.392 e. The number of halogens is 6. The first-order valence-electron chi connectivity index (χ1n) is 8.24. The van der Waals surface area contributed by atoms with Gasteiger partial charge in [-0.2, -0.15) is 26.3 Å². The van der Waals surface area contributed by atoms with Gasteiger partial charge in [0, 0.05) is 17.8 Å². The number of rotatable bonds is 4. The third-order valence-electron chi connectivity index (χ3n) is 3.86. The molecule has 0 fully saturated rings. The minimum absolute atomic E-state index is 0.140. The van der Waals surface area contributed by atoms with E-state index in [0.717, 1.165) is 11.6 Å². The Morgan fingerprint density at radius 3 is 1.79 bits per heavy atom. The van der Waals surface area contributed by atoms with Crippen molar-refractivity contribution in [3.8, 4) is 0 Å². The Morgan fingerprint density at radius 2 is 1.43 bits per heavy atom. The largest absolute Gasteiger partial charge is 0.430 e. The van der Waals surface area contributed by atoms with Gasteiger partial charge in [-0.25, -0.2) is 0 Å². The van der Waals surface area contributed by atoms with E-state index in [4.69, 9.17) is 5.11 Å². The Balaban J connectivity index is 0.000000406. The van der Waals surface area contributed by atoms with E-state index in [1.807, 2.05) is 30.3 Å². The first-order valence-corrected chi connectivity index (χ1v) is 8.24. The van der Waals surface area contributed by atoms with Crippen molar-refractivity contribution in [1.82, 2.24) is 0 Å². The normalized spacial score (nSPS) is 12.2. The van der Waals surface area contributed by atoms with Gasteiger partial charge < -0.3 is 15.5 Å². The zero-order valence-electron chi connectivity index (χ0n) is 15.2. The Kier molecular flexibility index (Phi) is 7.89. The number of aliphatic hydroxyl groups excluding tert-OH is 1. The molecule has 0 aromatic heterocycles. The molecule has 0 saturated heterocycles. The van der Waals surface area contributed by atoms with Crippen LogP contribution in [0.1, 0.15) is 23.6 Å². The third kappa shape index (κ3) is 5.39. The molecule has 9 heteroatoms. The standard InChI is InChI=1S/C12H13F6NO.C7H8O/c1-3-19-9-5-4-8(6-7(9)2)10(20,11(13,14)15)12(16,17)18;8-6-7-4-2-1-3-5-7/h4-6,19-20H,3H2,1-2H3;1-5,8H,6H2. The minimum Gasteiger partial charge on any atom is -0.392 e. The Hall–Kier alpha value is -2.26. The zero-order chi connectivity index (χ0) is 21.6. The van der Waals surface area contributed by atoms with E-state index in [2.05, 4.69) is 5.32 Å². The van der Waals surface area contributed by atoms with Crippen molar-refractivity contribution in [3.05, 3.63) is 65.2 Å². The van der Waals surface area contributed by atoms with Crippen LogP contribution in [0.15, 0.2) is 48.5 Å². The van der Waals surface area contributed by atoms with Crippen LogP contribution >= 0.6 is 0 Å². The summed E-state index contributed by atoms with van der Waals surface area (Å²) >= 11 is 0. The van der Waals surface area contributed by atoms with E-state index < -0.39 is 23.5 Å². The van der Waals surface area contributed by atoms with Crippen LogP contribution in [0.4, 0.5) is 32.0 Å². The molecule has 2 rings (SSSR count). The van der Waals surface area contributed by atoms with Gasteiger partial charge in [0.15, 0.2) is 0 Å². The summed E-state index contributed by atoms with van der Waals surface area (Å²) in [5.41, 5.74) is -4.58. The molecule has 156 valence electrons. The van der Waals surface area contributed by atoms with Crippen molar-refractivity contribution >= 4 is 5.69 Å². The van der Waals surface area contributed by atoms with Crippen LogP contribution in [-0.4, -0.2) is 29.1 Å². The second kappa shape index (κ2) is 9.29. The molecule has 0 aliphatic heterocycles. The van der Waals surface area contributed by atoms with E-state index in [1.54, 1.807) is 6.92 Å². The van der Waals surface area contributed by atoms with E-state index in [1.165, 1.54) is 6.92 Å². The monoisotopic (exact) mass is 409 g/mol. The Labute approximate surface area is 158 Å². The van der Waals surface area contributed by atoms with E-state index in [-0.39, 0.29) is 12.2 Å². The minimum atomic E-state index is -5.86. The predicted molar refractivity (Wildman–Crippen MR) is 93.7 cm³/mol. The topological polar surface area (TPSA) is 52.5 Å². The summed E-state index contributed by atoms with van der Waals surface area (Å²) in [6.07, 6.45) is -11.7. The van der Waals surface area contributed by atoms with Crippen LogP contribution in [0.25, 0.3) is 0 Å². The molecule has 0 aliphatic carbocycles. The van der Waals surface area contributed by atoms with Crippen LogP contribution < -0.4 is 5.32 Å². The number of hydrogen-bond acceptors (Lipinski definition) is 3. The fourth-order valence-electron chi connectivity index (χ4n) is 2.35. The number of aliphatic hydroxyl groups is 2. The Bertz CT molecular complexity index is 730. The number of anilines is 1. The van der Waals surface area contributed by atoms with Gasteiger partial charge in [-0.3, -0.25) is 0 Å². The fraction of sp³-hybridized carbons (Fsp3) is 0.368. The second-order valence-corrected chi connectivity index (χ2v) is 5.91. The molecule has 28 heavy (non-hydrogen) atoms. The molecule has 3 N–H and O–H groups in total. The van der Waals surface area contributed by atoms with Crippen LogP contribution in [0.5, 0.6) is 0 Å². The lowest BCUT2D eigenvalue weighted by molar-refractivity contribution is -0.376. The second-order valence-electron chi connectivity index (χ2n) is 5.91. The molecule has 0 aliphatic rings. The van der Waals surface area contributed by atoms with Gasteiger partial charge in [0.2, 0.25) is 0 Å². The molecule has 2 aromatic carbocycles. The maximum Gasteiger partial charge on any atom is 0.430 e. The van der Waals surface area contributed by atoms with Gasteiger partial charge in [-0.1, -0.05) is 42.5 Å². The molecule has 0 bridgehead atoms. The molecular weight excluding hydrogens is 388 g/mol. The van der Waals surface area contributed by atoms with Crippen LogP contribution in [0.2, 0.25) is 0 Å². The number of aryl methyl sites for hydroxylation is 1. The molecule has 2 aromatic rings. The van der Waals surface area contributed by atoms with Gasteiger partial charge >= 0.3 is 12.4 Å². The van der Waals surface area contributed by atoms with Crippen molar-refractivity contribution in [2.45, 2.75) is 38.4 Å². The molecule has 0 saturated carbocycles. The number of benzene rings is 2. The maximum atomic E-state index is 12.7. The first-order chi connectivity index (χ1) is 12.9. The molecule has 0 heterocycles. The number of nitrogens with one attached hydrogen (secondary N) is 1. The molecule has 3 nitrogen and oxygen atoms in total. The molecule has 0 spiro atoms. The van der Waals surface area contributed by atoms with E-state index >= 15 is 0 Å². The first kappa shape index (κ1) is 23.8. The SMILES string of the molecule is CCNc1ccc(C(O)(C(F)(F)F)C(F)(F)F)cc1C.OCc1ccccc1. The summed E-state index contributed by atoms with van der Waals surface area (Å²) in [5, 5.41) is 20.6. The van der Waals surface area contributed by atoms with E-state index in [0.29, 0.717) is 24.4 Å². The highest BCUT2D eigenvalue weighted by atomic mass is 19.4. The summed E-state index contributed by atoms with van der Waals surface area (Å²) in [6, 6.07) is 11.9. The lowest BCUT2D eigenvalue weighted by Crippen LogP contribution is -2.53. The molecule has 0 atom stereocenters. The van der Waals surface area contributed by atoms with Gasteiger partial charge in [-0.05, 0) is 31.0 Å². The summed E-state index contributed by atoms with van der Waals surface area (Å²) < 4.78 is 76.1. The lowest BCUT2D eigenvalue weighted by atomic mass is 9.90. The molecular formula is C19H21F6NO2. The van der Waals surface area contributed by atoms with Crippen LogP contribution in [-0.2, 0) is 12.2 Å². The summed E-state index contributed by atoms with van der Waals surface area (Å²) in [5.74, 6) is 0. The highest BCUT2D eigenvalue weighted by Gasteiger charge is 2.71. The summed E-state index contributed by atoms with van der Waals surface area (Å²) in [4.78, 5) is 0. The average Bonchev–Trinajstić information content (AvgIpc) is 2.62. The van der Waals surface area contributed by atoms with Crippen LogP contribution in [0, 0.1) is 6.92 Å². The molecule has 0 amide bonds. The fourth-order valence-corrected chi connectivity index (χ4v) is 2.35.